The fourth-order valence-corrected chi connectivity index (χ4v) is 3.12. The van der Waals surface area contributed by atoms with Crippen molar-refractivity contribution in [3.8, 4) is 0 Å². The topological polar surface area (TPSA) is 57.8 Å². The summed E-state index contributed by atoms with van der Waals surface area (Å²) in [5, 5.41) is 10.9. The summed E-state index contributed by atoms with van der Waals surface area (Å²) < 4.78 is 25.2. The van der Waals surface area contributed by atoms with E-state index in [1.165, 1.54) is 42.7 Å². The van der Waals surface area contributed by atoms with E-state index in [4.69, 9.17) is 0 Å². The number of benzene rings is 2. The molecule has 1 heterocycles. The Kier molecular flexibility index (Phi) is 3.95. The lowest BCUT2D eigenvalue weighted by atomic mass is 9.99. The minimum Gasteiger partial charge on any atom is -0.348 e. The molecule has 2 N–H and O–H groups in total. The first kappa shape index (κ1) is 15.7. The van der Waals surface area contributed by atoms with Gasteiger partial charge in [-0.05, 0) is 48.1 Å². The Bertz CT molecular complexity index is 914. The molecule has 0 spiro atoms. The molecule has 0 atom stereocenters. The van der Waals surface area contributed by atoms with Gasteiger partial charge in [-0.25, -0.2) is 8.78 Å². The number of hydrogen-bond acceptors (Lipinski definition) is 2. The molecule has 1 aliphatic rings. The van der Waals surface area contributed by atoms with Crippen LogP contribution in [0.3, 0.4) is 0 Å². The van der Waals surface area contributed by atoms with Crippen LogP contribution in [0, 0.1) is 0 Å². The molecule has 1 amide bonds. The normalized spacial score (nSPS) is 14.2. The number of hydrogen-bond donors (Lipinski definition) is 2. The number of amides is 1. The summed E-state index contributed by atoms with van der Waals surface area (Å²) in [5.74, 6) is 0.277. The summed E-state index contributed by atoms with van der Waals surface area (Å²) in [6.45, 7) is 0.387. The number of halogens is 2. The smallest absolute Gasteiger partial charge is 0.263 e. The maximum Gasteiger partial charge on any atom is 0.263 e. The third kappa shape index (κ3) is 3.12. The van der Waals surface area contributed by atoms with Crippen molar-refractivity contribution in [1.29, 1.82) is 0 Å². The van der Waals surface area contributed by atoms with Crippen molar-refractivity contribution in [3.05, 3.63) is 64.8 Å². The highest BCUT2D eigenvalue weighted by Crippen LogP contribution is 2.43. The minimum absolute atomic E-state index is 0.0873. The monoisotopic (exact) mass is 341 g/mol. The molecule has 0 saturated heterocycles. The number of rotatable bonds is 5. The van der Waals surface area contributed by atoms with Gasteiger partial charge >= 0.3 is 0 Å². The van der Waals surface area contributed by atoms with Gasteiger partial charge in [-0.2, -0.15) is 5.10 Å². The highest BCUT2D eigenvalue weighted by Gasteiger charge is 2.27. The molecule has 0 bridgehead atoms. The van der Waals surface area contributed by atoms with Crippen LogP contribution in [0.25, 0.3) is 10.9 Å². The molecule has 25 heavy (non-hydrogen) atoms. The van der Waals surface area contributed by atoms with Crippen molar-refractivity contribution < 1.29 is 13.6 Å². The number of carbonyl (C=O) groups excluding carboxylic acids is 1. The highest BCUT2D eigenvalue weighted by molar-refractivity contribution is 5.94. The summed E-state index contributed by atoms with van der Waals surface area (Å²) >= 11 is 0. The second-order valence-corrected chi connectivity index (χ2v) is 6.34. The molecule has 1 fully saturated rings. The molecular formula is C19H17F2N3O. The number of H-pyrrole nitrogens is 1. The molecule has 4 rings (SSSR count). The second-order valence-electron chi connectivity index (χ2n) is 6.34. The molecule has 3 aromatic rings. The molecule has 6 heteroatoms. The number of carbonyl (C=O) groups is 1. The van der Waals surface area contributed by atoms with Crippen molar-refractivity contribution in [2.75, 3.05) is 0 Å². The van der Waals surface area contributed by atoms with Gasteiger partial charge in [-0.15, -0.1) is 0 Å². The van der Waals surface area contributed by atoms with Crippen molar-refractivity contribution in [2.24, 2.45) is 0 Å². The standard InChI is InChI=1S/C19H17F2N3O/c20-18(21)12-3-5-13(6-4-12)19(25)22-9-15-14(11-1-2-11)7-8-17-16(15)10-23-24-17/h3-8,10-11,18H,1-2,9H2,(H,22,25)(H,23,24). The van der Waals surface area contributed by atoms with E-state index < -0.39 is 6.43 Å². The Balaban J connectivity index is 1.54. The van der Waals surface area contributed by atoms with Gasteiger partial charge in [0.05, 0.1) is 11.7 Å². The van der Waals surface area contributed by atoms with Crippen LogP contribution >= 0.6 is 0 Å². The van der Waals surface area contributed by atoms with Gasteiger partial charge in [0.2, 0.25) is 0 Å². The fraction of sp³-hybridized carbons (Fsp3) is 0.263. The number of fused-ring (bicyclic) bond motifs is 1. The van der Waals surface area contributed by atoms with Crippen LogP contribution in [0.4, 0.5) is 8.78 Å². The van der Waals surface area contributed by atoms with Gasteiger partial charge in [0.25, 0.3) is 12.3 Å². The van der Waals surface area contributed by atoms with E-state index in [2.05, 4.69) is 21.6 Å². The Morgan fingerprint density at radius 2 is 1.96 bits per heavy atom. The first-order valence-corrected chi connectivity index (χ1v) is 8.24. The maximum atomic E-state index is 12.6. The average Bonchev–Trinajstić information content (AvgIpc) is 3.36. The lowest BCUT2D eigenvalue weighted by Crippen LogP contribution is -2.23. The largest absolute Gasteiger partial charge is 0.348 e. The highest BCUT2D eigenvalue weighted by atomic mass is 19.3. The van der Waals surface area contributed by atoms with Crippen LogP contribution in [-0.4, -0.2) is 16.1 Å². The number of aromatic nitrogens is 2. The van der Waals surface area contributed by atoms with E-state index in [9.17, 15) is 13.6 Å². The second kappa shape index (κ2) is 6.27. The Morgan fingerprint density at radius 1 is 1.20 bits per heavy atom. The van der Waals surface area contributed by atoms with E-state index in [0.717, 1.165) is 16.5 Å². The molecular weight excluding hydrogens is 324 g/mol. The maximum absolute atomic E-state index is 12.6. The lowest BCUT2D eigenvalue weighted by molar-refractivity contribution is 0.0950. The number of nitrogens with one attached hydrogen (secondary N) is 2. The van der Waals surface area contributed by atoms with Crippen LogP contribution < -0.4 is 5.32 Å². The predicted octanol–water partition coefficient (Wildman–Crippen LogP) is 4.31. The molecule has 2 aromatic carbocycles. The van der Waals surface area contributed by atoms with Gasteiger partial charge in [-0.3, -0.25) is 9.89 Å². The van der Waals surface area contributed by atoms with Crippen LogP contribution in [0.2, 0.25) is 0 Å². The first-order valence-electron chi connectivity index (χ1n) is 8.24. The third-order valence-corrected chi connectivity index (χ3v) is 4.64. The van der Waals surface area contributed by atoms with Crippen molar-refractivity contribution in [1.82, 2.24) is 15.5 Å². The van der Waals surface area contributed by atoms with Crippen LogP contribution in [0.15, 0.2) is 42.6 Å². The van der Waals surface area contributed by atoms with Crippen LogP contribution in [0.5, 0.6) is 0 Å². The number of alkyl halides is 2. The van der Waals surface area contributed by atoms with Crippen molar-refractivity contribution >= 4 is 16.8 Å². The van der Waals surface area contributed by atoms with Crippen LogP contribution in [-0.2, 0) is 6.54 Å². The molecule has 4 nitrogen and oxygen atoms in total. The fourth-order valence-electron chi connectivity index (χ4n) is 3.12. The molecule has 128 valence electrons. The number of aromatic amines is 1. The van der Waals surface area contributed by atoms with Crippen molar-refractivity contribution in [3.63, 3.8) is 0 Å². The molecule has 0 unspecified atom stereocenters. The van der Waals surface area contributed by atoms with Gasteiger partial charge in [0, 0.05) is 23.1 Å². The SMILES string of the molecule is O=C(NCc1c(C2CC2)ccc2[nH]ncc12)c1ccc(C(F)F)cc1. The third-order valence-electron chi connectivity index (χ3n) is 4.64. The number of nitrogens with zero attached hydrogens (tertiary/aromatic N) is 1. The minimum atomic E-state index is -2.53. The van der Waals surface area contributed by atoms with Gasteiger partial charge in [-0.1, -0.05) is 18.2 Å². The van der Waals surface area contributed by atoms with Gasteiger partial charge < -0.3 is 5.32 Å². The Hall–Kier alpha value is -2.76. The first-order chi connectivity index (χ1) is 12.1. The Labute approximate surface area is 143 Å². The molecule has 1 saturated carbocycles. The van der Waals surface area contributed by atoms with Crippen molar-refractivity contribution in [2.45, 2.75) is 31.7 Å². The van der Waals surface area contributed by atoms with E-state index in [-0.39, 0.29) is 11.5 Å². The molecule has 1 aliphatic carbocycles. The molecule has 1 aromatic heterocycles. The summed E-state index contributed by atoms with van der Waals surface area (Å²) in [5.41, 5.74) is 3.55. The van der Waals surface area contributed by atoms with E-state index in [1.807, 2.05) is 6.07 Å². The lowest BCUT2D eigenvalue weighted by Gasteiger charge is -2.12. The predicted molar refractivity (Wildman–Crippen MR) is 90.6 cm³/mol. The van der Waals surface area contributed by atoms with Gasteiger partial charge in [0.15, 0.2) is 0 Å². The summed E-state index contributed by atoms with van der Waals surface area (Å²) in [4.78, 5) is 12.3. The quantitative estimate of drug-likeness (QED) is 0.726. The van der Waals surface area contributed by atoms with E-state index in [1.54, 1.807) is 6.20 Å². The Morgan fingerprint density at radius 3 is 2.64 bits per heavy atom. The zero-order valence-corrected chi connectivity index (χ0v) is 13.4. The van der Waals surface area contributed by atoms with E-state index in [0.29, 0.717) is 18.0 Å². The summed E-state index contributed by atoms with van der Waals surface area (Å²) in [6, 6.07) is 9.54. The zero-order valence-electron chi connectivity index (χ0n) is 13.4. The van der Waals surface area contributed by atoms with Gasteiger partial charge in [0.1, 0.15) is 0 Å². The summed E-state index contributed by atoms with van der Waals surface area (Å²) in [6.07, 6.45) is 1.58. The molecule has 0 aliphatic heterocycles. The van der Waals surface area contributed by atoms with Crippen LogP contribution in [0.1, 0.15) is 52.2 Å². The molecule has 0 radical (unpaired) electrons. The van der Waals surface area contributed by atoms with E-state index >= 15 is 0 Å². The average molecular weight is 341 g/mol. The zero-order chi connectivity index (χ0) is 17.4. The summed E-state index contributed by atoms with van der Waals surface area (Å²) in [7, 11) is 0.